The average molecular weight is 494 g/mol. The van der Waals surface area contributed by atoms with Crippen molar-refractivity contribution in [3.05, 3.63) is 94.1 Å². The molecule has 2 aromatic heterocycles. The van der Waals surface area contributed by atoms with Gasteiger partial charge in [-0.1, -0.05) is 30.3 Å². The number of amides is 2. The smallest absolute Gasteiger partial charge is 0.253 e. The minimum atomic E-state index is -0.535. The first-order valence-corrected chi connectivity index (χ1v) is 12.5. The molecular formula is C29H24FN5O2. The van der Waals surface area contributed by atoms with Crippen molar-refractivity contribution >= 4 is 11.8 Å². The number of rotatable bonds is 4. The second-order valence-corrected chi connectivity index (χ2v) is 10.2. The van der Waals surface area contributed by atoms with Crippen molar-refractivity contribution in [1.29, 1.82) is 0 Å². The van der Waals surface area contributed by atoms with Crippen LogP contribution in [0.5, 0.6) is 0 Å². The van der Waals surface area contributed by atoms with Crippen molar-refractivity contribution in [2.45, 2.75) is 37.6 Å². The van der Waals surface area contributed by atoms with E-state index in [1.54, 1.807) is 12.3 Å². The number of nitrogens with one attached hydrogen (secondary N) is 3. The number of hydrogen-bond acceptors (Lipinski definition) is 4. The molecule has 8 heteroatoms. The molecule has 1 spiro atoms. The zero-order chi connectivity index (χ0) is 25.1. The highest BCUT2D eigenvalue weighted by molar-refractivity contribution is 6.01. The van der Waals surface area contributed by atoms with Crippen molar-refractivity contribution in [2.75, 3.05) is 6.54 Å². The van der Waals surface area contributed by atoms with Crippen molar-refractivity contribution < 1.29 is 14.0 Å². The third-order valence-electron chi connectivity index (χ3n) is 7.76. The van der Waals surface area contributed by atoms with Gasteiger partial charge in [0, 0.05) is 41.5 Å². The molecule has 0 saturated heterocycles. The highest BCUT2D eigenvalue weighted by Crippen LogP contribution is 2.52. The molecule has 0 radical (unpaired) electrons. The number of carbonyl (C=O) groups is 2. The van der Waals surface area contributed by atoms with Gasteiger partial charge in [-0.15, -0.1) is 0 Å². The fraction of sp³-hybridized carbons (Fsp3) is 0.241. The van der Waals surface area contributed by atoms with Crippen molar-refractivity contribution in [3.8, 4) is 22.8 Å². The molecule has 2 amide bonds. The number of aryl methyl sites for hydroxylation is 1. The van der Waals surface area contributed by atoms with Gasteiger partial charge in [0.25, 0.3) is 11.8 Å². The van der Waals surface area contributed by atoms with Gasteiger partial charge in [-0.25, -0.2) is 14.4 Å². The third-order valence-corrected chi connectivity index (χ3v) is 7.76. The highest BCUT2D eigenvalue weighted by atomic mass is 19.1. The molecule has 1 fully saturated rings. The summed E-state index contributed by atoms with van der Waals surface area (Å²) in [6.45, 7) is 1.01. The number of carbonyl (C=O) groups excluding carboxylic acids is 2. The topological polar surface area (TPSA) is 99.8 Å². The Kier molecular flexibility index (Phi) is 4.79. The van der Waals surface area contributed by atoms with Gasteiger partial charge in [0.1, 0.15) is 5.82 Å². The van der Waals surface area contributed by atoms with Gasteiger partial charge < -0.3 is 15.6 Å². The summed E-state index contributed by atoms with van der Waals surface area (Å²) in [6.07, 6.45) is 5.35. The maximum absolute atomic E-state index is 14.6. The van der Waals surface area contributed by atoms with Gasteiger partial charge in [0.15, 0.2) is 5.82 Å². The van der Waals surface area contributed by atoms with Gasteiger partial charge in [0.05, 0.1) is 17.0 Å². The molecule has 3 aliphatic rings. The highest BCUT2D eigenvalue weighted by Gasteiger charge is 2.51. The van der Waals surface area contributed by atoms with Crippen LogP contribution in [0.3, 0.4) is 0 Å². The lowest BCUT2D eigenvalue weighted by Crippen LogP contribution is -2.39. The summed E-state index contributed by atoms with van der Waals surface area (Å²) < 4.78 is 14.6. The van der Waals surface area contributed by atoms with E-state index < -0.39 is 5.82 Å². The van der Waals surface area contributed by atoms with E-state index in [0.717, 1.165) is 65.0 Å². The van der Waals surface area contributed by atoms with Crippen LogP contribution in [0.4, 0.5) is 4.39 Å². The molecule has 2 aromatic carbocycles. The van der Waals surface area contributed by atoms with Crippen LogP contribution in [0.25, 0.3) is 22.8 Å². The molecule has 7 rings (SSSR count). The van der Waals surface area contributed by atoms with Crippen molar-refractivity contribution in [1.82, 2.24) is 25.6 Å². The van der Waals surface area contributed by atoms with E-state index in [4.69, 9.17) is 4.98 Å². The summed E-state index contributed by atoms with van der Waals surface area (Å²) in [4.78, 5) is 38.5. The summed E-state index contributed by atoms with van der Waals surface area (Å²) in [7, 11) is 0. The van der Waals surface area contributed by atoms with E-state index in [1.807, 2.05) is 30.3 Å². The summed E-state index contributed by atoms with van der Waals surface area (Å²) in [5, 5.41) is 5.90. The zero-order valence-electron chi connectivity index (χ0n) is 20.0. The Labute approximate surface area is 212 Å². The zero-order valence-corrected chi connectivity index (χ0v) is 20.0. The van der Waals surface area contributed by atoms with Crippen molar-refractivity contribution in [3.63, 3.8) is 0 Å². The lowest BCUT2D eigenvalue weighted by atomic mass is 9.88. The molecule has 4 aromatic rings. The Morgan fingerprint density at radius 1 is 1.11 bits per heavy atom. The Morgan fingerprint density at radius 2 is 1.95 bits per heavy atom. The molecule has 7 nitrogen and oxygen atoms in total. The van der Waals surface area contributed by atoms with Gasteiger partial charge in [-0.2, -0.15) is 0 Å². The molecule has 2 aliphatic carbocycles. The summed E-state index contributed by atoms with van der Waals surface area (Å²) in [5.41, 5.74) is 6.97. The summed E-state index contributed by atoms with van der Waals surface area (Å²) in [6, 6.07) is 13.7. The predicted molar refractivity (Wildman–Crippen MR) is 135 cm³/mol. The van der Waals surface area contributed by atoms with Gasteiger partial charge >= 0.3 is 0 Å². The minimum absolute atomic E-state index is 0.0151. The Morgan fingerprint density at radius 3 is 2.76 bits per heavy atom. The number of aromatic amines is 1. The number of fused-ring (bicyclic) bond motifs is 6. The third kappa shape index (κ3) is 3.63. The SMILES string of the molecule is O=C(NCc1ccccc1)c1cc(F)cc(-c2ncc3c(n2)-c2[nH]c4c(c2CC3)C(=O)NCC42CC2)c1. The summed E-state index contributed by atoms with van der Waals surface area (Å²) in [5.74, 6) is -0.602. The second kappa shape index (κ2) is 8.09. The maximum Gasteiger partial charge on any atom is 0.253 e. The average Bonchev–Trinajstić information content (AvgIpc) is 3.59. The molecule has 1 saturated carbocycles. The minimum Gasteiger partial charge on any atom is -0.356 e. The number of H-pyrrole nitrogens is 1. The van der Waals surface area contributed by atoms with E-state index in [0.29, 0.717) is 24.5 Å². The number of hydrogen-bond donors (Lipinski definition) is 3. The molecule has 0 atom stereocenters. The number of nitrogens with zero attached hydrogens (tertiary/aromatic N) is 2. The van der Waals surface area contributed by atoms with E-state index in [9.17, 15) is 14.0 Å². The molecule has 0 bridgehead atoms. The monoisotopic (exact) mass is 493 g/mol. The normalized spacial score (nSPS) is 16.4. The largest absolute Gasteiger partial charge is 0.356 e. The van der Waals surface area contributed by atoms with E-state index in [2.05, 4.69) is 20.6 Å². The first-order chi connectivity index (χ1) is 18.0. The van der Waals surface area contributed by atoms with Gasteiger partial charge in [-0.05, 0) is 60.6 Å². The standard InChI is InChI=1S/C29H24FN5O2/c30-20-11-18(10-19(12-20)27(36)32-13-16-4-2-1-3-5-16)26-31-14-17-6-7-21-22-25(34-24(21)23(17)35-26)29(8-9-29)15-33-28(22)37/h1-5,10-12,14,34H,6-9,13,15H2,(H,32,36)(H,33,37). The van der Waals surface area contributed by atoms with Crippen LogP contribution in [0.2, 0.25) is 0 Å². The number of benzene rings is 2. The van der Waals surface area contributed by atoms with Crippen LogP contribution in [-0.4, -0.2) is 33.3 Å². The Bertz CT molecular complexity index is 1590. The van der Waals surface area contributed by atoms with Crippen LogP contribution >= 0.6 is 0 Å². The molecule has 184 valence electrons. The van der Waals surface area contributed by atoms with Gasteiger partial charge in [0.2, 0.25) is 0 Å². The maximum atomic E-state index is 14.6. The van der Waals surface area contributed by atoms with E-state index >= 15 is 0 Å². The molecule has 0 unspecified atom stereocenters. The van der Waals surface area contributed by atoms with Crippen LogP contribution in [0, 0.1) is 5.82 Å². The Hall–Kier alpha value is -4.33. The second-order valence-electron chi connectivity index (χ2n) is 10.2. The first-order valence-electron chi connectivity index (χ1n) is 12.5. The lowest BCUT2D eigenvalue weighted by Gasteiger charge is -2.23. The molecule has 37 heavy (non-hydrogen) atoms. The molecule has 3 N–H and O–H groups in total. The molecular weight excluding hydrogens is 469 g/mol. The quantitative estimate of drug-likeness (QED) is 0.399. The fourth-order valence-corrected chi connectivity index (χ4v) is 5.58. The molecule has 1 aliphatic heterocycles. The molecule has 3 heterocycles. The van der Waals surface area contributed by atoms with Crippen LogP contribution in [0.15, 0.2) is 54.7 Å². The van der Waals surface area contributed by atoms with E-state index in [1.165, 1.54) is 12.1 Å². The number of aromatic nitrogens is 3. The Balaban J connectivity index is 1.24. The van der Waals surface area contributed by atoms with Crippen LogP contribution in [0.1, 0.15) is 55.9 Å². The van der Waals surface area contributed by atoms with Gasteiger partial charge in [-0.3, -0.25) is 9.59 Å². The predicted octanol–water partition coefficient (Wildman–Crippen LogP) is 4.08. The van der Waals surface area contributed by atoms with E-state index in [-0.39, 0.29) is 22.8 Å². The lowest BCUT2D eigenvalue weighted by molar-refractivity contribution is 0.0932. The fourth-order valence-electron chi connectivity index (χ4n) is 5.58. The summed E-state index contributed by atoms with van der Waals surface area (Å²) >= 11 is 0. The van der Waals surface area contributed by atoms with Crippen LogP contribution < -0.4 is 10.6 Å². The van der Waals surface area contributed by atoms with Crippen LogP contribution in [-0.2, 0) is 24.8 Å². The van der Waals surface area contributed by atoms with Crippen molar-refractivity contribution in [2.24, 2.45) is 0 Å². The number of halogens is 1. The first kappa shape index (κ1) is 21.9.